The van der Waals surface area contributed by atoms with Crippen molar-refractivity contribution >= 4 is 11.9 Å². The average Bonchev–Trinajstić information content (AvgIpc) is 3.21. The molecule has 1 atom stereocenters. The van der Waals surface area contributed by atoms with Gasteiger partial charge in [-0.05, 0) is 36.8 Å². The highest BCUT2D eigenvalue weighted by molar-refractivity contribution is 5.97. The van der Waals surface area contributed by atoms with Gasteiger partial charge in [0, 0.05) is 25.0 Å². The zero-order valence-electron chi connectivity index (χ0n) is 14.3. The number of ether oxygens (including phenoxy) is 1. The molecule has 1 amide bonds. The third kappa shape index (κ3) is 2.64. The molecule has 0 unspecified atom stereocenters. The molecular formula is C20H22N2O3. The van der Waals surface area contributed by atoms with Crippen LogP contribution in [0.1, 0.15) is 46.8 Å². The van der Waals surface area contributed by atoms with Crippen molar-refractivity contribution in [3.63, 3.8) is 0 Å². The summed E-state index contributed by atoms with van der Waals surface area (Å²) in [5, 5.41) is 0. The zero-order chi connectivity index (χ0) is 17.4. The van der Waals surface area contributed by atoms with Crippen LogP contribution in [0.15, 0.2) is 42.6 Å². The zero-order valence-corrected chi connectivity index (χ0v) is 14.3. The van der Waals surface area contributed by atoms with Gasteiger partial charge < -0.3 is 14.6 Å². The molecule has 2 fully saturated rings. The van der Waals surface area contributed by atoms with Gasteiger partial charge in [0.2, 0.25) is 0 Å². The molecule has 1 saturated carbocycles. The Kier molecular flexibility index (Phi) is 3.86. The van der Waals surface area contributed by atoms with E-state index in [0.717, 1.165) is 29.7 Å². The second-order valence-corrected chi connectivity index (χ2v) is 7.00. The number of aromatic amines is 1. The Morgan fingerprint density at radius 2 is 1.96 bits per heavy atom. The third-order valence-electron chi connectivity index (χ3n) is 5.45. The van der Waals surface area contributed by atoms with Gasteiger partial charge in [-0.3, -0.25) is 9.59 Å². The molecular weight excluding hydrogens is 316 g/mol. The molecule has 0 radical (unpaired) electrons. The molecule has 130 valence electrons. The molecule has 2 aliphatic rings. The highest BCUT2D eigenvalue weighted by Gasteiger charge is 2.48. The lowest BCUT2D eigenvalue weighted by Crippen LogP contribution is -2.41. The van der Waals surface area contributed by atoms with E-state index in [9.17, 15) is 9.59 Å². The fourth-order valence-electron chi connectivity index (χ4n) is 3.90. The van der Waals surface area contributed by atoms with Crippen LogP contribution in [0.25, 0.3) is 0 Å². The summed E-state index contributed by atoms with van der Waals surface area (Å²) < 4.78 is 5.10. The number of H-pyrrole nitrogens is 1. The molecule has 1 aliphatic carbocycles. The topological polar surface area (TPSA) is 62.4 Å². The number of carbonyl (C=O) groups excluding carboxylic acids is 2. The maximum absolute atomic E-state index is 13.0. The van der Waals surface area contributed by atoms with E-state index in [-0.39, 0.29) is 11.9 Å². The smallest absolute Gasteiger partial charge is 0.318 e. The van der Waals surface area contributed by atoms with Gasteiger partial charge in [-0.15, -0.1) is 0 Å². The van der Waals surface area contributed by atoms with E-state index in [1.807, 2.05) is 42.6 Å². The summed E-state index contributed by atoms with van der Waals surface area (Å²) >= 11 is 0. The first-order chi connectivity index (χ1) is 12.2. The van der Waals surface area contributed by atoms with E-state index in [4.69, 9.17) is 4.74 Å². The lowest BCUT2D eigenvalue weighted by atomic mass is 9.79. The predicted octanol–water partition coefficient (Wildman–Crippen LogP) is 2.85. The van der Waals surface area contributed by atoms with Crippen LogP contribution >= 0.6 is 0 Å². The summed E-state index contributed by atoms with van der Waals surface area (Å²) in [6.45, 7) is 0.913. The van der Waals surface area contributed by atoms with Crippen LogP contribution in [-0.2, 0) is 14.9 Å². The van der Waals surface area contributed by atoms with E-state index in [1.165, 1.54) is 7.11 Å². The number of amides is 1. The van der Waals surface area contributed by atoms with Gasteiger partial charge >= 0.3 is 5.97 Å². The van der Waals surface area contributed by atoms with Crippen molar-refractivity contribution in [3.05, 3.63) is 59.4 Å². The number of hydrogen-bond donors (Lipinski definition) is 1. The van der Waals surface area contributed by atoms with Gasteiger partial charge in [0.05, 0.1) is 12.7 Å². The van der Waals surface area contributed by atoms with Crippen molar-refractivity contribution in [1.29, 1.82) is 0 Å². The Balaban J connectivity index is 1.62. The van der Waals surface area contributed by atoms with Crippen LogP contribution < -0.4 is 0 Å². The molecule has 2 aromatic rings. The summed E-state index contributed by atoms with van der Waals surface area (Å²) in [7, 11) is 1.41. The quantitative estimate of drug-likeness (QED) is 0.872. The van der Waals surface area contributed by atoms with Gasteiger partial charge in [0.15, 0.2) is 0 Å². The number of carbonyl (C=O) groups is 2. The van der Waals surface area contributed by atoms with Crippen LogP contribution in [-0.4, -0.2) is 42.0 Å². The Morgan fingerprint density at radius 3 is 2.64 bits per heavy atom. The van der Waals surface area contributed by atoms with Crippen molar-refractivity contribution < 1.29 is 14.3 Å². The maximum Gasteiger partial charge on any atom is 0.318 e. The number of likely N-dealkylation sites (tertiary alicyclic amines) is 1. The van der Waals surface area contributed by atoms with Gasteiger partial charge in [-0.1, -0.05) is 30.3 Å². The molecule has 5 nitrogen and oxygen atoms in total. The number of methoxy groups -OCH3 is 1. The fraction of sp³-hybridized carbons (Fsp3) is 0.400. The van der Waals surface area contributed by atoms with E-state index >= 15 is 0 Å². The van der Waals surface area contributed by atoms with E-state index in [0.29, 0.717) is 25.4 Å². The Labute approximate surface area is 147 Å². The number of benzene rings is 1. The summed E-state index contributed by atoms with van der Waals surface area (Å²) in [5.74, 6) is 0.214. The first-order valence-corrected chi connectivity index (χ1v) is 8.76. The monoisotopic (exact) mass is 338 g/mol. The molecule has 1 aromatic heterocycles. The first-order valence-electron chi connectivity index (χ1n) is 8.76. The van der Waals surface area contributed by atoms with Crippen molar-refractivity contribution in [2.24, 2.45) is 0 Å². The molecule has 4 rings (SSSR count). The minimum Gasteiger partial charge on any atom is -0.468 e. The van der Waals surface area contributed by atoms with Gasteiger partial charge in [0.1, 0.15) is 5.41 Å². The van der Waals surface area contributed by atoms with Gasteiger partial charge in [0.25, 0.3) is 5.91 Å². The number of nitrogens with zero attached hydrogens (tertiary/aromatic N) is 1. The Hall–Kier alpha value is -2.56. The summed E-state index contributed by atoms with van der Waals surface area (Å²) in [4.78, 5) is 30.7. The van der Waals surface area contributed by atoms with Gasteiger partial charge in [-0.2, -0.15) is 0 Å². The Bertz CT molecular complexity index is 794. The highest BCUT2D eigenvalue weighted by Crippen LogP contribution is 2.42. The standard InChI is InChI=1S/C20H22N2O3/c1-25-19(24)20(15-5-3-2-4-6-15)10-12-22(13-20)18(23)16-9-11-21-17(16)14-7-8-14/h2-6,9,11,14,21H,7-8,10,12-13H2,1H3/t20-/m1/s1. The lowest BCUT2D eigenvalue weighted by molar-refractivity contribution is -0.147. The molecule has 0 bridgehead atoms. The molecule has 2 heterocycles. The van der Waals surface area contributed by atoms with E-state index in [1.54, 1.807) is 4.90 Å². The largest absolute Gasteiger partial charge is 0.468 e. The molecule has 0 spiro atoms. The van der Waals surface area contributed by atoms with Crippen LogP contribution in [0, 0.1) is 0 Å². The molecule has 25 heavy (non-hydrogen) atoms. The molecule has 5 heteroatoms. The molecule has 1 aliphatic heterocycles. The molecule has 1 N–H and O–H groups in total. The first kappa shape index (κ1) is 15.9. The number of nitrogens with one attached hydrogen (secondary N) is 1. The van der Waals surface area contributed by atoms with Crippen molar-refractivity contribution in [2.45, 2.75) is 30.6 Å². The minimum absolute atomic E-state index is 0.00450. The maximum atomic E-state index is 13.0. The van der Waals surface area contributed by atoms with Crippen molar-refractivity contribution in [1.82, 2.24) is 9.88 Å². The number of aromatic nitrogens is 1. The minimum atomic E-state index is -0.776. The number of hydrogen-bond acceptors (Lipinski definition) is 3. The number of esters is 1. The SMILES string of the molecule is COC(=O)[C@]1(c2ccccc2)CCN(C(=O)c2cc[nH]c2C2CC2)C1. The van der Waals surface area contributed by atoms with Crippen molar-refractivity contribution in [2.75, 3.05) is 20.2 Å². The van der Waals surface area contributed by atoms with E-state index in [2.05, 4.69) is 4.98 Å². The third-order valence-corrected chi connectivity index (χ3v) is 5.45. The molecule has 1 saturated heterocycles. The Morgan fingerprint density at radius 1 is 1.20 bits per heavy atom. The van der Waals surface area contributed by atoms with Crippen molar-refractivity contribution in [3.8, 4) is 0 Å². The fourth-order valence-corrected chi connectivity index (χ4v) is 3.90. The van der Waals surface area contributed by atoms with E-state index < -0.39 is 5.41 Å². The van der Waals surface area contributed by atoms with Crippen LogP contribution in [0.4, 0.5) is 0 Å². The highest BCUT2D eigenvalue weighted by atomic mass is 16.5. The van der Waals surface area contributed by atoms with Crippen LogP contribution in [0.3, 0.4) is 0 Å². The molecule has 1 aromatic carbocycles. The normalized spacial score (nSPS) is 22.8. The predicted molar refractivity (Wildman–Crippen MR) is 93.4 cm³/mol. The van der Waals surface area contributed by atoms with Gasteiger partial charge in [-0.25, -0.2) is 0 Å². The summed E-state index contributed by atoms with van der Waals surface area (Å²) in [6, 6.07) is 11.5. The summed E-state index contributed by atoms with van der Waals surface area (Å²) in [6.07, 6.45) is 4.69. The average molecular weight is 338 g/mol. The number of rotatable bonds is 4. The van der Waals surface area contributed by atoms with Crippen LogP contribution in [0.5, 0.6) is 0 Å². The van der Waals surface area contributed by atoms with Crippen LogP contribution in [0.2, 0.25) is 0 Å². The second kappa shape index (κ2) is 6.06. The summed E-state index contributed by atoms with van der Waals surface area (Å²) in [5.41, 5.74) is 1.92. The second-order valence-electron chi connectivity index (χ2n) is 7.00. The lowest BCUT2D eigenvalue weighted by Gasteiger charge is -2.27.